The molecule has 0 unspecified atom stereocenters. The number of ether oxygens (including phenoxy) is 2. The third kappa shape index (κ3) is 5.44. The van der Waals surface area contributed by atoms with Crippen molar-refractivity contribution in [3.8, 4) is 11.5 Å². The van der Waals surface area contributed by atoms with Gasteiger partial charge in [-0.2, -0.15) is 0 Å². The molecule has 0 spiro atoms. The summed E-state index contributed by atoms with van der Waals surface area (Å²) < 4.78 is 10.8. The van der Waals surface area contributed by atoms with Gasteiger partial charge < -0.3 is 19.7 Å². The Bertz CT molecular complexity index is 917. The number of para-hydroxylation sites is 1. The number of carbonyl (C=O) groups is 1. The molecule has 29 heavy (non-hydrogen) atoms. The van der Waals surface area contributed by atoms with Crippen molar-refractivity contribution in [3.63, 3.8) is 0 Å². The van der Waals surface area contributed by atoms with Crippen LogP contribution in [0.4, 0.5) is 11.6 Å². The van der Waals surface area contributed by atoms with Crippen molar-refractivity contribution in [1.82, 2.24) is 9.97 Å². The van der Waals surface area contributed by atoms with Gasteiger partial charge in [-0.1, -0.05) is 18.2 Å². The Morgan fingerprint density at radius 3 is 2.45 bits per heavy atom. The van der Waals surface area contributed by atoms with Gasteiger partial charge in [-0.25, -0.2) is 9.97 Å². The van der Waals surface area contributed by atoms with Crippen molar-refractivity contribution < 1.29 is 14.3 Å². The number of aromatic nitrogens is 2. The topological polar surface area (TPSA) is 76.6 Å². The second-order valence-corrected chi connectivity index (χ2v) is 6.10. The highest BCUT2D eigenvalue weighted by Gasteiger charge is 2.17. The van der Waals surface area contributed by atoms with Crippen LogP contribution in [0, 0.1) is 0 Å². The van der Waals surface area contributed by atoms with Gasteiger partial charge in [-0.3, -0.25) is 4.79 Å². The second-order valence-electron chi connectivity index (χ2n) is 6.10. The number of benzene rings is 2. The number of anilines is 2. The molecule has 1 N–H and O–H groups in total. The lowest BCUT2D eigenvalue weighted by Gasteiger charge is -2.20. The van der Waals surface area contributed by atoms with E-state index in [2.05, 4.69) is 15.3 Å². The van der Waals surface area contributed by atoms with Crippen LogP contribution in [0.2, 0.25) is 0 Å². The van der Waals surface area contributed by atoms with Crippen molar-refractivity contribution >= 4 is 17.5 Å². The van der Waals surface area contributed by atoms with Gasteiger partial charge in [0.2, 0.25) is 5.95 Å². The molecule has 2 aromatic carbocycles. The van der Waals surface area contributed by atoms with Crippen molar-refractivity contribution in [2.45, 2.75) is 6.92 Å². The van der Waals surface area contributed by atoms with Gasteiger partial charge in [0, 0.05) is 18.4 Å². The van der Waals surface area contributed by atoms with Gasteiger partial charge >= 0.3 is 0 Å². The van der Waals surface area contributed by atoms with Crippen LogP contribution in [-0.4, -0.2) is 42.7 Å². The summed E-state index contributed by atoms with van der Waals surface area (Å²) in [5.74, 6) is 1.75. The maximum atomic E-state index is 12.9. The molecular weight excluding hydrogens is 368 g/mol. The van der Waals surface area contributed by atoms with Gasteiger partial charge in [0.05, 0.1) is 13.7 Å². The summed E-state index contributed by atoms with van der Waals surface area (Å²) in [5.41, 5.74) is 1.17. The number of hydrogen-bond acceptors (Lipinski definition) is 6. The Balaban J connectivity index is 1.56. The summed E-state index contributed by atoms with van der Waals surface area (Å²) in [6.45, 7) is 3.41. The highest BCUT2D eigenvalue weighted by Crippen LogP contribution is 2.17. The van der Waals surface area contributed by atoms with E-state index in [9.17, 15) is 4.79 Å². The van der Waals surface area contributed by atoms with E-state index in [-0.39, 0.29) is 5.91 Å². The summed E-state index contributed by atoms with van der Waals surface area (Å²) in [5, 5.41) is 3.09. The van der Waals surface area contributed by atoms with Gasteiger partial charge in [0.15, 0.2) is 0 Å². The Kier molecular flexibility index (Phi) is 7.00. The molecule has 0 saturated heterocycles. The van der Waals surface area contributed by atoms with Crippen LogP contribution in [0.15, 0.2) is 66.9 Å². The summed E-state index contributed by atoms with van der Waals surface area (Å²) in [6.07, 6.45) is 1.58. The smallest absolute Gasteiger partial charge is 0.277 e. The molecule has 150 valence electrons. The molecular formula is C22H24N4O3. The predicted octanol–water partition coefficient (Wildman–Crippen LogP) is 3.64. The Morgan fingerprint density at radius 1 is 1.03 bits per heavy atom. The zero-order valence-corrected chi connectivity index (χ0v) is 16.5. The zero-order valence-electron chi connectivity index (χ0n) is 16.5. The minimum absolute atomic E-state index is 0.168. The number of hydrogen-bond donors (Lipinski definition) is 1. The number of nitrogens with zero attached hydrogens (tertiary/aromatic N) is 3. The zero-order chi connectivity index (χ0) is 20.5. The van der Waals surface area contributed by atoms with E-state index in [4.69, 9.17) is 9.47 Å². The third-order valence-electron chi connectivity index (χ3n) is 4.22. The average molecular weight is 392 g/mol. The normalized spacial score (nSPS) is 10.3. The highest BCUT2D eigenvalue weighted by molar-refractivity contribution is 6.04. The molecule has 0 atom stereocenters. The molecule has 0 saturated carbocycles. The van der Waals surface area contributed by atoms with E-state index in [1.807, 2.05) is 61.5 Å². The molecule has 7 nitrogen and oxygen atoms in total. The van der Waals surface area contributed by atoms with E-state index in [0.717, 1.165) is 17.2 Å². The molecule has 0 aliphatic rings. The lowest BCUT2D eigenvalue weighted by Crippen LogP contribution is -2.31. The van der Waals surface area contributed by atoms with Crippen LogP contribution < -0.4 is 19.7 Å². The molecule has 3 rings (SSSR count). The maximum Gasteiger partial charge on any atom is 0.277 e. The van der Waals surface area contributed by atoms with Crippen LogP contribution in [-0.2, 0) is 0 Å². The molecule has 0 fully saturated rings. The monoisotopic (exact) mass is 392 g/mol. The number of nitrogens with one attached hydrogen (secondary N) is 1. The van der Waals surface area contributed by atoms with Crippen molar-refractivity contribution in [3.05, 3.63) is 72.6 Å². The Labute approximate surface area is 170 Å². The molecule has 1 heterocycles. The summed E-state index contributed by atoms with van der Waals surface area (Å²) in [4.78, 5) is 23.1. The fourth-order valence-electron chi connectivity index (χ4n) is 2.76. The van der Waals surface area contributed by atoms with Crippen LogP contribution >= 0.6 is 0 Å². The fraction of sp³-hybridized carbons (Fsp3) is 0.227. The number of carbonyl (C=O) groups excluding carboxylic acids is 1. The van der Waals surface area contributed by atoms with Gasteiger partial charge in [-0.15, -0.1) is 0 Å². The van der Waals surface area contributed by atoms with E-state index in [1.165, 1.54) is 0 Å². The molecule has 3 aromatic rings. The summed E-state index contributed by atoms with van der Waals surface area (Å²) >= 11 is 0. The first-order valence-electron chi connectivity index (χ1n) is 9.42. The Morgan fingerprint density at radius 2 is 1.76 bits per heavy atom. The standard InChI is InChI=1S/C22H24N4O3/c1-3-26(17-7-5-4-6-8-17)21(27)20-13-14-23-22(25-20)24-15-16-29-19-11-9-18(28-2)10-12-19/h4-14H,3,15-16H2,1-2H3,(H,23,24,25). The number of amides is 1. The first-order chi connectivity index (χ1) is 14.2. The van der Waals surface area contributed by atoms with Crippen LogP contribution in [0.1, 0.15) is 17.4 Å². The van der Waals surface area contributed by atoms with Crippen molar-refractivity contribution in [1.29, 1.82) is 0 Å². The number of rotatable bonds is 9. The fourth-order valence-corrected chi connectivity index (χ4v) is 2.76. The molecule has 1 amide bonds. The van der Waals surface area contributed by atoms with Gasteiger partial charge in [0.25, 0.3) is 5.91 Å². The first kappa shape index (κ1) is 20.1. The highest BCUT2D eigenvalue weighted by atomic mass is 16.5. The summed E-state index contributed by atoms with van der Waals surface area (Å²) in [7, 11) is 1.62. The average Bonchev–Trinajstić information content (AvgIpc) is 2.78. The third-order valence-corrected chi connectivity index (χ3v) is 4.22. The SMILES string of the molecule is CCN(C(=O)c1ccnc(NCCOc2ccc(OC)cc2)n1)c1ccccc1. The maximum absolute atomic E-state index is 12.9. The van der Waals surface area contributed by atoms with Crippen molar-refractivity contribution in [2.24, 2.45) is 0 Å². The van der Waals surface area contributed by atoms with E-state index < -0.39 is 0 Å². The van der Waals surface area contributed by atoms with E-state index in [0.29, 0.717) is 31.3 Å². The lowest BCUT2D eigenvalue weighted by atomic mass is 10.2. The van der Waals surface area contributed by atoms with Crippen LogP contribution in [0.25, 0.3) is 0 Å². The largest absolute Gasteiger partial charge is 0.497 e. The first-order valence-corrected chi connectivity index (χ1v) is 9.42. The van der Waals surface area contributed by atoms with Crippen molar-refractivity contribution in [2.75, 3.05) is 37.0 Å². The van der Waals surface area contributed by atoms with Crippen LogP contribution in [0.5, 0.6) is 11.5 Å². The molecule has 7 heteroatoms. The second kappa shape index (κ2) is 10.1. The minimum Gasteiger partial charge on any atom is -0.497 e. The number of methoxy groups -OCH3 is 1. The molecule has 0 bridgehead atoms. The quantitative estimate of drug-likeness (QED) is 0.560. The van der Waals surface area contributed by atoms with Gasteiger partial charge in [0.1, 0.15) is 23.8 Å². The molecule has 0 aliphatic heterocycles. The van der Waals surface area contributed by atoms with Crippen LogP contribution in [0.3, 0.4) is 0 Å². The lowest BCUT2D eigenvalue weighted by molar-refractivity contribution is 0.0983. The molecule has 1 aromatic heterocycles. The minimum atomic E-state index is -0.168. The molecule has 0 aliphatic carbocycles. The van der Waals surface area contributed by atoms with E-state index >= 15 is 0 Å². The Hall–Kier alpha value is -3.61. The van der Waals surface area contributed by atoms with Gasteiger partial charge in [-0.05, 0) is 49.4 Å². The molecule has 0 radical (unpaired) electrons. The summed E-state index contributed by atoms with van der Waals surface area (Å²) in [6, 6.07) is 18.5. The van der Waals surface area contributed by atoms with E-state index in [1.54, 1.807) is 24.3 Å². The predicted molar refractivity (Wildman–Crippen MR) is 113 cm³/mol.